The highest BCUT2D eigenvalue weighted by atomic mass is 16.3. The summed E-state index contributed by atoms with van der Waals surface area (Å²) in [6.45, 7) is 14.9. The van der Waals surface area contributed by atoms with Crippen molar-refractivity contribution in [2.45, 2.75) is 269 Å². The minimum atomic E-state index is -1.98. The van der Waals surface area contributed by atoms with Crippen LogP contribution in [0.3, 0.4) is 0 Å². The molecule has 0 radical (unpaired) electrons. The van der Waals surface area contributed by atoms with Gasteiger partial charge in [0.15, 0.2) is 0 Å². The molecule has 0 saturated carbocycles. The Kier molecular flexibility index (Phi) is 37.2. The number of nitrogens with two attached hydrogens (primary N) is 1. The molecule has 13 amide bonds. The normalized spacial score (nSPS) is 27.2. The summed E-state index contributed by atoms with van der Waals surface area (Å²) in [6, 6.07) is -14.2. The number of phenols is 1. The quantitative estimate of drug-likeness (QED) is 0.0456. The van der Waals surface area contributed by atoms with Crippen LogP contribution in [-0.2, 0) is 68.7 Å². The van der Waals surface area contributed by atoms with Crippen molar-refractivity contribution in [3.8, 4) is 5.75 Å². The van der Waals surface area contributed by atoms with Crippen molar-refractivity contribution in [3.05, 3.63) is 29.8 Å². The molecule has 19 N–H and O–H groups in total. The van der Waals surface area contributed by atoms with Gasteiger partial charge >= 0.3 is 0 Å². The Morgan fingerprint density at radius 1 is 0.520 bits per heavy atom. The number of likely N-dealkylation sites (N-methyl/N-ethyl adjacent to an activating group) is 1. The van der Waals surface area contributed by atoms with Gasteiger partial charge in [0, 0.05) is 45.5 Å². The van der Waals surface area contributed by atoms with Crippen LogP contribution in [0.25, 0.3) is 0 Å². The number of nitrogens with one attached hydrogen (secondary N) is 10. The van der Waals surface area contributed by atoms with Crippen molar-refractivity contribution < 1.29 is 98.1 Å². The summed E-state index contributed by atoms with van der Waals surface area (Å²) >= 11 is 0. The van der Waals surface area contributed by atoms with E-state index in [0.29, 0.717) is 18.4 Å². The number of aliphatic hydroxyl groups is 6. The summed E-state index contributed by atoms with van der Waals surface area (Å²) in [5.74, 6) is -16.7. The molecular weight excluding hydrogens is 1330 g/mol. The van der Waals surface area contributed by atoms with E-state index in [1.165, 1.54) is 58.9 Å². The molecule has 0 aromatic heterocycles. The smallest absolute Gasteiger partial charge is 0.248 e. The number of rotatable bonds is 24. The lowest BCUT2D eigenvalue weighted by Crippen LogP contribution is -2.64. The average molecular weight is 1450 g/mol. The van der Waals surface area contributed by atoms with Crippen molar-refractivity contribution in [2.75, 3.05) is 26.8 Å². The van der Waals surface area contributed by atoms with Gasteiger partial charge in [-0.05, 0) is 87.3 Å². The Labute approximate surface area is 596 Å². The Morgan fingerprint density at radius 3 is 1.54 bits per heavy atom. The molecule has 0 aliphatic carbocycles. The second-order valence-electron chi connectivity index (χ2n) is 27.7. The predicted molar refractivity (Wildman–Crippen MR) is 372 cm³/mol. The zero-order valence-corrected chi connectivity index (χ0v) is 61.0. The lowest BCUT2D eigenvalue weighted by Gasteiger charge is -2.36. The zero-order chi connectivity index (χ0) is 77.0. The molecule has 33 nitrogen and oxygen atoms in total. The summed E-state index contributed by atoms with van der Waals surface area (Å²) in [5, 5.41) is 102. The number of phenolic OH excluding ortho intramolecular Hbond substituents is 1. The number of hydrogen-bond acceptors (Lipinski definition) is 20. The first-order valence-electron chi connectivity index (χ1n) is 35.6. The number of carbonyl (C=O) groups excluding carboxylic acids is 13. The number of primary amides is 1. The van der Waals surface area contributed by atoms with Crippen molar-refractivity contribution in [3.63, 3.8) is 0 Å². The van der Waals surface area contributed by atoms with Crippen molar-refractivity contribution in [2.24, 2.45) is 29.4 Å². The van der Waals surface area contributed by atoms with E-state index in [9.17, 15) is 98.1 Å². The predicted octanol–water partition coefficient (Wildman–Crippen LogP) is -3.11. The first kappa shape index (κ1) is 88.1. The summed E-state index contributed by atoms with van der Waals surface area (Å²) in [7, 11) is 1.16. The molecule has 102 heavy (non-hydrogen) atoms. The van der Waals surface area contributed by atoms with E-state index in [1.54, 1.807) is 27.7 Å². The maximum absolute atomic E-state index is 14.8. The number of hydrogen-bond donors (Lipinski definition) is 18. The second kappa shape index (κ2) is 43.1. The molecule has 1 aromatic rings. The van der Waals surface area contributed by atoms with Gasteiger partial charge in [-0.15, -0.1) is 0 Å². The summed E-state index contributed by atoms with van der Waals surface area (Å²) < 4.78 is 0. The molecule has 2 aliphatic rings. The second-order valence-corrected chi connectivity index (χ2v) is 27.7. The van der Waals surface area contributed by atoms with Gasteiger partial charge in [0.25, 0.3) is 0 Å². The molecule has 2 fully saturated rings. The standard InChI is InChI=1S/C69H115N13O20/c1-13-16-17-18-19-21-42-33-50(89)76-51(37(8)14-2)63(96)80-55(58(91)36(6)7)65(98)72-44(29-31-83)59(92)79-54(57(90)35(4)5)66(99)73-45(27-28-49(70)88)68(101)81(12)56(38(9)15-3)67(100)75-47(34-84)61(94)78-53(40(11)86)69(102)82-30-20-22-48(82)62(95)74-46(32-41-23-25-43(87)26-24-41)60(93)77-52(39(10)85)64(97)71-42/h23-26,35-40,42,44-48,51-58,83-87,90-91H,13-22,27-34H2,1-12H3,(H2,70,88)(H,71,97)(H,72,98)(H,73,99)(H,74,95)(H,75,100)(H,76,89)(H,77,93)(H,78,94)(H,79,92)(H,80,96)/t37-,38-,39+,40+,42+,44-,45-,46+,47+,48-,51-,52-,53-,54+,55+,56-,57-,58-/m0/s1. The molecule has 0 unspecified atom stereocenters. The van der Waals surface area contributed by atoms with Crippen LogP contribution in [0.4, 0.5) is 0 Å². The zero-order valence-electron chi connectivity index (χ0n) is 61.0. The molecule has 18 atom stereocenters. The maximum Gasteiger partial charge on any atom is 0.248 e. The molecule has 2 heterocycles. The van der Waals surface area contributed by atoms with Crippen LogP contribution in [0.15, 0.2) is 24.3 Å². The van der Waals surface area contributed by atoms with Gasteiger partial charge in [0.2, 0.25) is 76.8 Å². The highest BCUT2D eigenvalue weighted by Crippen LogP contribution is 2.23. The van der Waals surface area contributed by atoms with Crippen LogP contribution in [0, 0.1) is 23.7 Å². The Hall–Kier alpha value is -8.11. The van der Waals surface area contributed by atoms with E-state index >= 15 is 0 Å². The van der Waals surface area contributed by atoms with Crippen molar-refractivity contribution >= 4 is 76.8 Å². The van der Waals surface area contributed by atoms with Gasteiger partial charge in [-0.25, -0.2) is 0 Å². The lowest BCUT2D eigenvalue weighted by atomic mass is 9.94. The number of aliphatic hydroxyl groups excluding tert-OH is 6. The minimum absolute atomic E-state index is 0.00601. The molecular formula is C69H115N13O20. The summed E-state index contributed by atoms with van der Waals surface area (Å²) in [5.41, 5.74) is 5.91. The molecule has 2 saturated heterocycles. The van der Waals surface area contributed by atoms with Crippen LogP contribution < -0.4 is 58.9 Å². The van der Waals surface area contributed by atoms with Crippen LogP contribution in [0.1, 0.15) is 172 Å². The fourth-order valence-corrected chi connectivity index (χ4v) is 12.0. The molecule has 3 rings (SSSR count). The summed E-state index contributed by atoms with van der Waals surface area (Å²) in [6.07, 6.45) is -4.64. The van der Waals surface area contributed by atoms with Gasteiger partial charge in [0.1, 0.15) is 72.2 Å². The van der Waals surface area contributed by atoms with Crippen LogP contribution in [0.2, 0.25) is 0 Å². The number of carbonyl (C=O) groups is 13. The minimum Gasteiger partial charge on any atom is -0.508 e. The fourth-order valence-electron chi connectivity index (χ4n) is 12.0. The monoisotopic (exact) mass is 1450 g/mol. The molecule has 0 spiro atoms. The number of unbranched alkanes of at least 4 members (excludes halogenated alkanes) is 4. The Bertz CT molecular complexity index is 2980. The number of nitrogens with zero attached hydrogens (tertiary/aromatic N) is 2. The molecule has 576 valence electrons. The van der Waals surface area contributed by atoms with Crippen LogP contribution in [0.5, 0.6) is 5.75 Å². The fraction of sp³-hybridized carbons (Fsp3) is 0.725. The SMILES string of the molecule is CCCCCCC[C@@H]1CC(=O)N[C@@H]([C@@H](C)CC)C(=O)N[C@H]([C@@H](O)C(C)C)C(=O)N[C@@H](CCO)C(=O)N[C@H]([C@@H](O)C(C)C)C(=O)N[C@@H](CCC(N)=O)C(=O)N(C)[C@@H]([C@@H](C)CC)C(=O)N[C@H](CO)C(=O)N[C@@H]([C@@H](C)O)C(=O)N2CCC[C@H]2C(=O)N[C@H](Cc2ccc(O)cc2)C(=O)N[C@@H]([C@@H](C)O)C(=O)N1. The third kappa shape index (κ3) is 26.6. The van der Waals surface area contributed by atoms with E-state index in [0.717, 1.165) is 43.0 Å². The van der Waals surface area contributed by atoms with Gasteiger partial charge in [-0.1, -0.05) is 119 Å². The Balaban J connectivity index is 2.33. The number of amides is 13. The molecule has 33 heteroatoms. The van der Waals surface area contributed by atoms with E-state index in [1.807, 2.05) is 6.92 Å². The molecule has 2 aliphatic heterocycles. The molecule has 0 bridgehead atoms. The van der Waals surface area contributed by atoms with Crippen molar-refractivity contribution in [1.29, 1.82) is 0 Å². The lowest BCUT2D eigenvalue weighted by molar-refractivity contribution is -0.146. The van der Waals surface area contributed by atoms with Crippen LogP contribution >= 0.6 is 0 Å². The third-order valence-electron chi connectivity index (χ3n) is 18.8. The average Bonchev–Trinajstić information content (AvgIpc) is 1.49. The topological polar surface area (TPSA) is 516 Å². The van der Waals surface area contributed by atoms with Gasteiger partial charge in [-0.2, -0.15) is 0 Å². The van der Waals surface area contributed by atoms with Gasteiger partial charge in [-0.3, -0.25) is 62.3 Å². The van der Waals surface area contributed by atoms with E-state index in [2.05, 4.69) is 53.2 Å². The largest absolute Gasteiger partial charge is 0.508 e. The van der Waals surface area contributed by atoms with Crippen molar-refractivity contribution in [1.82, 2.24) is 63.0 Å². The van der Waals surface area contributed by atoms with E-state index in [4.69, 9.17) is 5.73 Å². The van der Waals surface area contributed by atoms with Gasteiger partial charge < -0.3 is 104 Å². The van der Waals surface area contributed by atoms with Crippen LogP contribution in [-0.4, -0.2) is 246 Å². The highest BCUT2D eigenvalue weighted by Gasteiger charge is 2.45. The number of fused-ring (bicyclic) bond motifs is 1. The third-order valence-corrected chi connectivity index (χ3v) is 18.8. The Morgan fingerprint density at radius 2 is 1.01 bits per heavy atom. The van der Waals surface area contributed by atoms with Gasteiger partial charge in [0.05, 0.1) is 31.0 Å². The summed E-state index contributed by atoms with van der Waals surface area (Å²) in [4.78, 5) is 189. The molecule has 1 aromatic carbocycles. The number of aromatic hydroxyl groups is 1. The maximum atomic E-state index is 14.8. The highest BCUT2D eigenvalue weighted by molar-refractivity contribution is 6.00. The first-order chi connectivity index (χ1) is 48.0. The van der Waals surface area contributed by atoms with E-state index < -0.39 is 236 Å². The van der Waals surface area contributed by atoms with E-state index in [-0.39, 0.29) is 50.8 Å². The first-order valence-corrected chi connectivity index (χ1v) is 35.6. The number of benzene rings is 1.